The Kier molecular flexibility index (Phi) is 9.11. The van der Waals surface area contributed by atoms with E-state index in [0.29, 0.717) is 0 Å². The number of hydrogen-bond acceptors (Lipinski definition) is 2. The van der Waals surface area contributed by atoms with Gasteiger partial charge in [0.2, 0.25) is 0 Å². The SMILES string of the molecule is CCCCCCC/C=C/C(CC(=O)O)C(=O)O. The Morgan fingerprint density at radius 1 is 1.12 bits per heavy atom. The van der Waals surface area contributed by atoms with E-state index in [-0.39, 0.29) is 6.42 Å². The molecule has 0 bridgehead atoms. The topological polar surface area (TPSA) is 74.6 Å². The molecule has 0 fully saturated rings. The van der Waals surface area contributed by atoms with Crippen molar-refractivity contribution in [3.63, 3.8) is 0 Å². The van der Waals surface area contributed by atoms with E-state index in [0.717, 1.165) is 19.3 Å². The lowest BCUT2D eigenvalue weighted by molar-refractivity contribution is -0.146. The summed E-state index contributed by atoms with van der Waals surface area (Å²) in [6.07, 6.45) is 9.60. The average molecular weight is 242 g/mol. The van der Waals surface area contributed by atoms with Crippen molar-refractivity contribution >= 4 is 11.9 Å². The molecule has 98 valence electrons. The molecule has 1 unspecified atom stereocenters. The molecule has 0 radical (unpaired) electrons. The number of carbonyl (C=O) groups is 2. The molecule has 0 aromatic heterocycles. The number of allylic oxidation sites excluding steroid dienone is 1. The van der Waals surface area contributed by atoms with Gasteiger partial charge in [0.1, 0.15) is 0 Å². The standard InChI is InChI=1S/C13H22O4/c1-2-3-4-5-6-7-8-9-11(13(16)17)10-12(14)15/h8-9,11H,2-7,10H2,1H3,(H,14,15)(H,16,17)/b9-8+. The minimum Gasteiger partial charge on any atom is -0.481 e. The zero-order valence-corrected chi connectivity index (χ0v) is 10.4. The van der Waals surface area contributed by atoms with Crippen LogP contribution in [0.2, 0.25) is 0 Å². The molecule has 1 atom stereocenters. The molecule has 17 heavy (non-hydrogen) atoms. The van der Waals surface area contributed by atoms with Crippen molar-refractivity contribution in [3.05, 3.63) is 12.2 Å². The molecule has 0 saturated carbocycles. The van der Waals surface area contributed by atoms with Crippen LogP contribution in [-0.4, -0.2) is 22.2 Å². The quantitative estimate of drug-likeness (QED) is 0.456. The summed E-state index contributed by atoms with van der Waals surface area (Å²) in [6, 6.07) is 0. The van der Waals surface area contributed by atoms with Gasteiger partial charge in [-0.05, 0) is 12.8 Å². The largest absolute Gasteiger partial charge is 0.481 e. The molecule has 4 nitrogen and oxygen atoms in total. The number of aliphatic carboxylic acids is 2. The molecule has 0 aliphatic heterocycles. The summed E-state index contributed by atoms with van der Waals surface area (Å²) in [7, 11) is 0. The fourth-order valence-corrected chi connectivity index (χ4v) is 1.55. The van der Waals surface area contributed by atoms with E-state index < -0.39 is 17.9 Å². The van der Waals surface area contributed by atoms with Gasteiger partial charge in [-0.2, -0.15) is 0 Å². The Labute approximate surface area is 102 Å². The Morgan fingerprint density at radius 2 is 1.76 bits per heavy atom. The Bertz CT molecular complexity index is 258. The molecule has 0 aromatic carbocycles. The van der Waals surface area contributed by atoms with Crippen molar-refractivity contribution in [3.8, 4) is 0 Å². The Hall–Kier alpha value is -1.32. The van der Waals surface area contributed by atoms with E-state index in [1.807, 2.05) is 0 Å². The molecule has 0 rings (SSSR count). The Morgan fingerprint density at radius 3 is 2.29 bits per heavy atom. The number of rotatable bonds is 10. The van der Waals surface area contributed by atoms with Gasteiger partial charge >= 0.3 is 11.9 Å². The van der Waals surface area contributed by atoms with E-state index >= 15 is 0 Å². The van der Waals surface area contributed by atoms with Gasteiger partial charge in [0, 0.05) is 0 Å². The van der Waals surface area contributed by atoms with Crippen LogP contribution in [0.4, 0.5) is 0 Å². The van der Waals surface area contributed by atoms with Crippen LogP contribution in [0.3, 0.4) is 0 Å². The first-order chi connectivity index (χ1) is 8.07. The van der Waals surface area contributed by atoms with Crippen LogP contribution in [0.25, 0.3) is 0 Å². The minimum atomic E-state index is -1.08. The second kappa shape index (κ2) is 9.87. The fourth-order valence-electron chi connectivity index (χ4n) is 1.55. The lowest BCUT2D eigenvalue weighted by Gasteiger charge is -2.03. The monoisotopic (exact) mass is 242 g/mol. The van der Waals surface area contributed by atoms with Crippen molar-refractivity contribution in [2.24, 2.45) is 5.92 Å². The van der Waals surface area contributed by atoms with E-state index in [2.05, 4.69) is 6.92 Å². The van der Waals surface area contributed by atoms with Crippen molar-refractivity contribution in [2.45, 2.75) is 51.9 Å². The number of hydrogen-bond donors (Lipinski definition) is 2. The predicted molar refractivity (Wildman–Crippen MR) is 65.9 cm³/mol. The predicted octanol–water partition coefficient (Wildman–Crippen LogP) is 3.08. The first-order valence-electron chi connectivity index (χ1n) is 6.19. The maximum Gasteiger partial charge on any atom is 0.310 e. The molecule has 0 spiro atoms. The zero-order chi connectivity index (χ0) is 13.1. The van der Waals surface area contributed by atoms with Gasteiger partial charge in [0.15, 0.2) is 0 Å². The lowest BCUT2D eigenvalue weighted by Crippen LogP contribution is -2.15. The van der Waals surface area contributed by atoms with E-state index in [9.17, 15) is 9.59 Å². The van der Waals surface area contributed by atoms with Crippen LogP contribution in [0.1, 0.15) is 51.9 Å². The molecular weight excluding hydrogens is 220 g/mol. The minimum absolute atomic E-state index is 0.346. The molecule has 2 N–H and O–H groups in total. The van der Waals surface area contributed by atoms with Gasteiger partial charge in [0.25, 0.3) is 0 Å². The average Bonchev–Trinajstić information content (AvgIpc) is 2.25. The second-order valence-electron chi connectivity index (χ2n) is 4.17. The summed E-state index contributed by atoms with van der Waals surface area (Å²) in [5.41, 5.74) is 0. The van der Waals surface area contributed by atoms with E-state index in [1.54, 1.807) is 6.08 Å². The highest BCUT2D eigenvalue weighted by Gasteiger charge is 2.17. The van der Waals surface area contributed by atoms with Crippen LogP contribution in [0.15, 0.2) is 12.2 Å². The maximum atomic E-state index is 10.7. The van der Waals surface area contributed by atoms with E-state index in [1.165, 1.54) is 25.3 Å². The van der Waals surface area contributed by atoms with Crippen LogP contribution in [-0.2, 0) is 9.59 Å². The third-order valence-corrected chi connectivity index (χ3v) is 2.55. The number of unbranched alkanes of at least 4 members (excludes halogenated alkanes) is 5. The normalized spacial score (nSPS) is 12.8. The van der Waals surface area contributed by atoms with Gasteiger partial charge in [-0.1, -0.05) is 44.8 Å². The summed E-state index contributed by atoms with van der Waals surface area (Å²) in [6.45, 7) is 2.16. The summed E-state index contributed by atoms with van der Waals surface area (Å²) in [5.74, 6) is -3.05. The third kappa shape index (κ3) is 9.60. The molecule has 0 heterocycles. The lowest BCUT2D eigenvalue weighted by atomic mass is 10.0. The summed E-state index contributed by atoms with van der Waals surface area (Å²) in [5, 5.41) is 17.3. The number of carboxylic acid groups (broad SMARTS) is 2. The van der Waals surface area contributed by atoms with Gasteiger partial charge in [-0.15, -0.1) is 0 Å². The number of carboxylic acids is 2. The summed E-state index contributed by atoms with van der Waals surface area (Å²) in [4.78, 5) is 21.1. The molecule has 0 saturated heterocycles. The van der Waals surface area contributed by atoms with Crippen molar-refractivity contribution in [2.75, 3.05) is 0 Å². The van der Waals surface area contributed by atoms with Crippen LogP contribution in [0.5, 0.6) is 0 Å². The highest BCUT2D eigenvalue weighted by atomic mass is 16.4. The van der Waals surface area contributed by atoms with Crippen LogP contribution in [0, 0.1) is 5.92 Å². The van der Waals surface area contributed by atoms with E-state index in [4.69, 9.17) is 10.2 Å². The van der Waals surface area contributed by atoms with Gasteiger partial charge in [-0.25, -0.2) is 0 Å². The first kappa shape index (κ1) is 15.7. The second-order valence-corrected chi connectivity index (χ2v) is 4.17. The van der Waals surface area contributed by atoms with Gasteiger partial charge in [-0.3, -0.25) is 9.59 Å². The smallest absolute Gasteiger partial charge is 0.310 e. The van der Waals surface area contributed by atoms with Gasteiger partial charge in [0.05, 0.1) is 12.3 Å². The Balaban J connectivity index is 3.77. The molecule has 0 aromatic rings. The van der Waals surface area contributed by atoms with Crippen molar-refractivity contribution in [1.29, 1.82) is 0 Å². The molecule has 0 aliphatic rings. The van der Waals surface area contributed by atoms with Crippen LogP contribution < -0.4 is 0 Å². The fraction of sp³-hybridized carbons (Fsp3) is 0.692. The molecule has 4 heteroatoms. The summed E-state index contributed by atoms with van der Waals surface area (Å²) >= 11 is 0. The van der Waals surface area contributed by atoms with Crippen LogP contribution >= 0.6 is 0 Å². The first-order valence-corrected chi connectivity index (χ1v) is 6.19. The molecule has 0 aliphatic carbocycles. The maximum absolute atomic E-state index is 10.7. The van der Waals surface area contributed by atoms with Crippen molar-refractivity contribution < 1.29 is 19.8 Å². The highest BCUT2D eigenvalue weighted by Crippen LogP contribution is 2.09. The summed E-state index contributed by atoms with van der Waals surface area (Å²) < 4.78 is 0. The van der Waals surface area contributed by atoms with Crippen molar-refractivity contribution in [1.82, 2.24) is 0 Å². The zero-order valence-electron chi connectivity index (χ0n) is 10.4. The van der Waals surface area contributed by atoms with Gasteiger partial charge < -0.3 is 10.2 Å². The highest BCUT2D eigenvalue weighted by molar-refractivity contribution is 5.79. The molecule has 0 amide bonds. The third-order valence-electron chi connectivity index (χ3n) is 2.55. The molecular formula is C13H22O4.